The van der Waals surface area contributed by atoms with Gasteiger partial charge in [0.15, 0.2) is 0 Å². The monoisotopic (exact) mass is 439 g/mol. The Bertz CT molecular complexity index is 859. The van der Waals surface area contributed by atoms with E-state index < -0.39 is 10.0 Å². The van der Waals surface area contributed by atoms with Gasteiger partial charge < -0.3 is 0 Å². The Labute approximate surface area is 162 Å². The minimum absolute atomic E-state index is 0.196. The Morgan fingerprint density at radius 3 is 2.32 bits per heavy atom. The zero-order valence-corrected chi connectivity index (χ0v) is 17.0. The average molecular weight is 441 g/mol. The summed E-state index contributed by atoms with van der Waals surface area (Å²) in [6.07, 6.45) is 3.68. The smallest absolute Gasteiger partial charge is 0.207 e. The maximum Gasteiger partial charge on any atom is 0.243 e. The van der Waals surface area contributed by atoms with Gasteiger partial charge in [-0.3, -0.25) is 0 Å². The number of aryl methyl sites for hydroxylation is 1. The van der Waals surface area contributed by atoms with Crippen LogP contribution < -0.4 is 0 Å². The molecule has 2 aromatic carbocycles. The molecule has 0 saturated heterocycles. The summed E-state index contributed by atoms with van der Waals surface area (Å²) in [4.78, 5) is 0.270. The molecule has 2 aromatic rings. The highest BCUT2D eigenvalue weighted by Gasteiger charge is 2.23. The lowest BCUT2D eigenvalue weighted by Gasteiger charge is -2.20. The van der Waals surface area contributed by atoms with Crippen LogP contribution in [0.3, 0.4) is 0 Å². The molecule has 0 amide bonds. The number of hydrogen-bond acceptors (Lipinski definition) is 2. The van der Waals surface area contributed by atoms with Crippen molar-refractivity contribution in [3.05, 3.63) is 81.8 Å². The van der Waals surface area contributed by atoms with Gasteiger partial charge in [-0.05, 0) is 36.8 Å². The fourth-order valence-corrected chi connectivity index (χ4v) is 4.16. The van der Waals surface area contributed by atoms with E-state index in [-0.39, 0.29) is 18.0 Å². The molecule has 0 atom stereocenters. The molecule has 0 aliphatic carbocycles. The summed E-state index contributed by atoms with van der Waals surface area (Å²) >= 11 is 9.12. The molecule has 0 aromatic heterocycles. The van der Waals surface area contributed by atoms with E-state index >= 15 is 0 Å². The predicted molar refractivity (Wildman–Crippen MR) is 108 cm³/mol. The Balaban J connectivity index is 2.21. The van der Waals surface area contributed by atoms with E-state index in [1.807, 2.05) is 31.2 Å². The lowest BCUT2D eigenvalue weighted by Crippen LogP contribution is -2.32. The Morgan fingerprint density at radius 1 is 1.16 bits per heavy atom. The summed E-state index contributed by atoms with van der Waals surface area (Å²) < 4.78 is 27.7. The zero-order chi connectivity index (χ0) is 18.4. The average Bonchev–Trinajstić information content (AvgIpc) is 2.56. The fraction of sp³-hybridized carbons (Fsp3) is 0.158. The van der Waals surface area contributed by atoms with Gasteiger partial charge in [-0.1, -0.05) is 76.1 Å². The van der Waals surface area contributed by atoms with Gasteiger partial charge in [-0.15, -0.1) is 0 Å². The van der Waals surface area contributed by atoms with Crippen molar-refractivity contribution in [1.82, 2.24) is 4.31 Å². The lowest BCUT2D eigenvalue weighted by molar-refractivity contribution is 0.473. The molecule has 132 valence electrons. The highest BCUT2D eigenvalue weighted by Crippen LogP contribution is 2.19. The van der Waals surface area contributed by atoms with E-state index in [4.69, 9.17) is 11.6 Å². The second-order valence-corrected chi connectivity index (χ2v) is 9.08. The topological polar surface area (TPSA) is 37.4 Å². The molecule has 0 N–H and O–H groups in total. The van der Waals surface area contributed by atoms with Crippen molar-refractivity contribution in [2.75, 3.05) is 13.1 Å². The van der Waals surface area contributed by atoms with E-state index in [9.17, 15) is 8.42 Å². The van der Waals surface area contributed by atoms with Gasteiger partial charge in [-0.2, -0.15) is 4.31 Å². The van der Waals surface area contributed by atoms with Gasteiger partial charge >= 0.3 is 0 Å². The van der Waals surface area contributed by atoms with E-state index in [1.54, 1.807) is 36.4 Å². The van der Waals surface area contributed by atoms with Crippen molar-refractivity contribution in [2.24, 2.45) is 0 Å². The first-order chi connectivity index (χ1) is 11.8. The van der Waals surface area contributed by atoms with Gasteiger partial charge in [-0.25, -0.2) is 8.42 Å². The molecule has 0 saturated carbocycles. The van der Waals surface area contributed by atoms with Crippen molar-refractivity contribution >= 4 is 43.6 Å². The molecule has 25 heavy (non-hydrogen) atoms. The van der Waals surface area contributed by atoms with Crippen LogP contribution >= 0.6 is 27.5 Å². The largest absolute Gasteiger partial charge is 0.243 e. The van der Waals surface area contributed by atoms with Gasteiger partial charge in [0.2, 0.25) is 10.0 Å². The number of sulfonamides is 1. The number of nitrogens with zero attached hydrogens (tertiary/aromatic N) is 1. The van der Waals surface area contributed by atoms with Crippen LogP contribution in [0, 0.1) is 6.92 Å². The normalized spacial score (nSPS) is 12.0. The van der Waals surface area contributed by atoms with Crippen LogP contribution in [-0.4, -0.2) is 25.8 Å². The van der Waals surface area contributed by atoms with Gasteiger partial charge in [0.1, 0.15) is 0 Å². The maximum atomic E-state index is 12.9. The third-order valence-corrected chi connectivity index (χ3v) is 5.82. The molecule has 0 fully saturated rings. The van der Waals surface area contributed by atoms with E-state index in [2.05, 4.69) is 22.5 Å². The minimum Gasteiger partial charge on any atom is -0.207 e. The van der Waals surface area contributed by atoms with Crippen molar-refractivity contribution in [2.45, 2.75) is 11.8 Å². The van der Waals surface area contributed by atoms with Crippen molar-refractivity contribution < 1.29 is 8.42 Å². The van der Waals surface area contributed by atoms with Crippen LogP contribution in [-0.2, 0) is 10.0 Å². The predicted octanol–water partition coefficient (Wildman–Crippen LogP) is 5.26. The molecule has 0 spiro atoms. The van der Waals surface area contributed by atoms with Crippen LogP contribution in [0.4, 0.5) is 0 Å². The third-order valence-electron chi connectivity index (χ3n) is 3.50. The highest BCUT2D eigenvalue weighted by molar-refractivity contribution is 9.11. The van der Waals surface area contributed by atoms with Gasteiger partial charge in [0.05, 0.1) is 4.90 Å². The summed E-state index contributed by atoms with van der Waals surface area (Å²) in [5.74, 6) is 0. The zero-order valence-electron chi connectivity index (χ0n) is 13.8. The first-order valence-corrected chi connectivity index (χ1v) is 10.2. The summed E-state index contributed by atoms with van der Waals surface area (Å²) in [5, 5.41) is 0.663. The highest BCUT2D eigenvalue weighted by atomic mass is 79.9. The summed E-state index contributed by atoms with van der Waals surface area (Å²) in [5.41, 5.74) is 1.97. The molecular formula is C19H19BrClNO2S. The van der Waals surface area contributed by atoms with Crippen LogP contribution in [0.2, 0.25) is 5.02 Å². The van der Waals surface area contributed by atoms with Crippen LogP contribution in [0.25, 0.3) is 6.08 Å². The molecule has 0 radical (unpaired) electrons. The lowest BCUT2D eigenvalue weighted by atomic mass is 10.2. The molecular weight excluding hydrogens is 422 g/mol. The molecule has 0 bridgehead atoms. The minimum atomic E-state index is -3.60. The Hall–Kier alpha value is -1.40. The standard InChI is InChI=1S/C19H19BrClNO2S/c1-15-5-11-19(12-6-15)25(23,24)22(14-16(2)20)13-3-4-17-7-9-18(21)10-8-17/h3-12H,2,13-14H2,1H3. The molecule has 0 aliphatic heterocycles. The third kappa shape index (κ3) is 5.82. The van der Waals surface area contributed by atoms with Crippen molar-refractivity contribution in [3.63, 3.8) is 0 Å². The van der Waals surface area contributed by atoms with Gasteiger partial charge in [0, 0.05) is 22.6 Å². The van der Waals surface area contributed by atoms with E-state index in [1.165, 1.54) is 4.31 Å². The first kappa shape index (κ1) is 19.9. The second-order valence-electron chi connectivity index (χ2n) is 5.58. The number of hydrogen-bond donors (Lipinski definition) is 0. The first-order valence-electron chi connectivity index (χ1n) is 7.61. The molecule has 0 aliphatic rings. The van der Waals surface area contributed by atoms with Crippen molar-refractivity contribution in [1.29, 1.82) is 0 Å². The van der Waals surface area contributed by atoms with Crippen LogP contribution in [0.5, 0.6) is 0 Å². The van der Waals surface area contributed by atoms with Crippen LogP contribution in [0.1, 0.15) is 11.1 Å². The SMILES string of the molecule is C=C(Br)CN(CC=Cc1ccc(Cl)cc1)S(=O)(=O)c1ccc(C)cc1. The number of benzene rings is 2. The quantitative estimate of drug-likeness (QED) is 0.589. The number of rotatable bonds is 7. The van der Waals surface area contributed by atoms with Crippen LogP contribution in [0.15, 0.2) is 70.6 Å². The molecule has 0 unspecified atom stereocenters. The fourth-order valence-electron chi connectivity index (χ4n) is 2.18. The summed E-state index contributed by atoms with van der Waals surface area (Å²) in [6.45, 7) is 6.12. The summed E-state index contributed by atoms with van der Waals surface area (Å²) in [7, 11) is -3.60. The second kappa shape index (κ2) is 8.81. The Morgan fingerprint density at radius 2 is 1.76 bits per heavy atom. The summed E-state index contributed by atoms with van der Waals surface area (Å²) in [6, 6.07) is 14.2. The van der Waals surface area contributed by atoms with Crippen molar-refractivity contribution in [3.8, 4) is 0 Å². The molecule has 6 heteroatoms. The molecule has 2 rings (SSSR count). The van der Waals surface area contributed by atoms with E-state index in [0.29, 0.717) is 9.51 Å². The molecule has 3 nitrogen and oxygen atoms in total. The Kier molecular flexibility index (Phi) is 7.02. The van der Waals surface area contributed by atoms with Gasteiger partial charge in [0.25, 0.3) is 0 Å². The maximum absolute atomic E-state index is 12.9. The molecule has 0 heterocycles. The number of halogens is 2. The van der Waals surface area contributed by atoms with E-state index in [0.717, 1.165) is 11.1 Å².